The minimum Gasteiger partial charge on any atom is -0.292 e. The molecule has 1 N–H and O–H groups in total. The van der Waals surface area contributed by atoms with Crippen molar-refractivity contribution in [2.45, 2.75) is 26.4 Å². The van der Waals surface area contributed by atoms with Crippen LogP contribution in [0.4, 0.5) is 14.7 Å². The van der Waals surface area contributed by atoms with Crippen LogP contribution in [0.1, 0.15) is 23.4 Å². The van der Waals surface area contributed by atoms with Crippen molar-refractivity contribution in [3.05, 3.63) is 58.6 Å². The van der Waals surface area contributed by atoms with Gasteiger partial charge in [-0.3, -0.25) is 14.8 Å². The Morgan fingerprint density at radius 3 is 2.81 bits per heavy atom. The van der Waals surface area contributed by atoms with Crippen molar-refractivity contribution in [2.75, 3.05) is 5.32 Å². The van der Waals surface area contributed by atoms with E-state index in [1.807, 2.05) is 18.2 Å². The lowest BCUT2D eigenvalue weighted by Gasteiger charge is -2.04. The van der Waals surface area contributed by atoms with E-state index in [2.05, 4.69) is 20.5 Å². The molecule has 3 aromatic rings. The molecule has 1 aromatic carbocycles. The number of benzene rings is 1. The van der Waals surface area contributed by atoms with E-state index in [1.54, 1.807) is 17.7 Å². The van der Waals surface area contributed by atoms with E-state index >= 15 is 0 Å². The molecule has 2 heterocycles. The first-order chi connectivity index (χ1) is 12.4. The van der Waals surface area contributed by atoms with Crippen molar-refractivity contribution in [3.8, 4) is 0 Å². The maximum absolute atomic E-state index is 12.6. The summed E-state index contributed by atoms with van der Waals surface area (Å²) in [6.45, 7) is 1.84. The van der Waals surface area contributed by atoms with Crippen LogP contribution in [0.5, 0.6) is 0 Å². The second-order valence-corrected chi connectivity index (χ2v) is 6.05. The maximum atomic E-state index is 12.6. The summed E-state index contributed by atoms with van der Waals surface area (Å²) >= 11 is 5.94. The molecule has 2 aromatic heterocycles. The molecule has 136 valence electrons. The van der Waals surface area contributed by atoms with Crippen molar-refractivity contribution in [3.63, 3.8) is 0 Å². The molecule has 0 bridgehead atoms. The smallest absolute Gasteiger partial charge is 0.282 e. The number of rotatable bonds is 6. The van der Waals surface area contributed by atoms with Crippen LogP contribution >= 0.6 is 11.6 Å². The van der Waals surface area contributed by atoms with Gasteiger partial charge in [0.25, 0.3) is 6.43 Å². The van der Waals surface area contributed by atoms with Gasteiger partial charge in [-0.1, -0.05) is 23.7 Å². The molecule has 0 spiro atoms. The molecule has 0 atom stereocenters. The van der Waals surface area contributed by atoms with Gasteiger partial charge in [-0.15, -0.1) is 5.10 Å². The van der Waals surface area contributed by atoms with Gasteiger partial charge in [0.05, 0.1) is 6.54 Å². The molecule has 0 aliphatic heterocycles. The first-order valence-electron chi connectivity index (χ1n) is 7.67. The zero-order chi connectivity index (χ0) is 18.7. The zero-order valence-electron chi connectivity index (χ0n) is 13.7. The number of nitrogens with zero attached hydrogens (tertiary/aromatic N) is 5. The number of hydrogen-bond donors (Lipinski definition) is 1. The van der Waals surface area contributed by atoms with Crippen LogP contribution in [0.2, 0.25) is 5.02 Å². The van der Waals surface area contributed by atoms with Gasteiger partial charge < -0.3 is 0 Å². The fourth-order valence-corrected chi connectivity index (χ4v) is 2.57. The van der Waals surface area contributed by atoms with E-state index in [-0.39, 0.29) is 18.2 Å². The van der Waals surface area contributed by atoms with Gasteiger partial charge in [0.2, 0.25) is 11.9 Å². The number of anilines is 1. The van der Waals surface area contributed by atoms with Gasteiger partial charge in [-0.05, 0) is 30.7 Å². The summed E-state index contributed by atoms with van der Waals surface area (Å²) in [4.78, 5) is 16.1. The van der Waals surface area contributed by atoms with Crippen LogP contribution in [0.15, 0.2) is 36.7 Å². The number of alkyl halides is 2. The van der Waals surface area contributed by atoms with E-state index in [0.29, 0.717) is 17.3 Å². The Balaban J connectivity index is 1.61. The summed E-state index contributed by atoms with van der Waals surface area (Å²) in [6, 6.07) is 8.55. The van der Waals surface area contributed by atoms with E-state index < -0.39 is 12.3 Å². The second-order valence-electron chi connectivity index (χ2n) is 5.61. The number of aryl methyl sites for hydroxylation is 1. The van der Waals surface area contributed by atoms with Crippen molar-refractivity contribution in [1.82, 2.24) is 24.5 Å². The van der Waals surface area contributed by atoms with Gasteiger partial charge >= 0.3 is 0 Å². The summed E-state index contributed by atoms with van der Waals surface area (Å²) in [6.07, 6.45) is -1.20. The van der Waals surface area contributed by atoms with E-state index in [1.165, 1.54) is 17.1 Å². The van der Waals surface area contributed by atoms with Crippen molar-refractivity contribution >= 4 is 23.5 Å². The molecule has 7 nitrogen and oxygen atoms in total. The molecule has 0 radical (unpaired) electrons. The lowest BCUT2D eigenvalue weighted by molar-refractivity contribution is -0.117. The van der Waals surface area contributed by atoms with Crippen LogP contribution in [0.3, 0.4) is 0 Å². The molecule has 3 rings (SSSR count). The average molecular weight is 381 g/mol. The van der Waals surface area contributed by atoms with Crippen LogP contribution in [0, 0.1) is 6.92 Å². The Morgan fingerprint density at radius 2 is 2.12 bits per heavy atom. The van der Waals surface area contributed by atoms with Crippen LogP contribution in [0.25, 0.3) is 0 Å². The first kappa shape index (κ1) is 18.0. The van der Waals surface area contributed by atoms with E-state index in [4.69, 9.17) is 11.6 Å². The monoisotopic (exact) mass is 380 g/mol. The predicted octanol–water partition coefficient (Wildman–Crippen LogP) is 3.06. The number of carbonyl (C=O) groups excluding carboxylic acids is 1. The largest absolute Gasteiger partial charge is 0.292 e. The van der Waals surface area contributed by atoms with E-state index in [0.717, 1.165) is 5.56 Å². The van der Waals surface area contributed by atoms with Gasteiger partial charge in [0.15, 0.2) is 0 Å². The average Bonchev–Trinajstić information content (AvgIpc) is 3.14. The van der Waals surface area contributed by atoms with Crippen molar-refractivity contribution in [2.24, 2.45) is 0 Å². The predicted molar refractivity (Wildman–Crippen MR) is 91.1 cm³/mol. The van der Waals surface area contributed by atoms with Crippen molar-refractivity contribution in [1.29, 1.82) is 0 Å². The Kier molecular flexibility index (Phi) is 5.27. The summed E-state index contributed by atoms with van der Waals surface area (Å²) in [5, 5.41) is 11.0. The second kappa shape index (κ2) is 7.61. The number of halogens is 3. The van der Waals surface area contributed by atoms with Gasteiger partial charge in [-0.25, -0.2) is 18.4 Å². The summed E-state index contributed by atoms with van der Waals surface area (Å²) in [5.74, 6) is -0.339. The topological polar surface area (TPSA) is 77.6 Å². The summed E-state index contributed by atoms with van der Waals surface area (Å²) in [7, 11) is 0. The molecule has 0 saturated heterocycles. The van der Waals surface area contributed by atoms with Gasteiger partial charge in [0, 0.05) is 10.7 Å². The lowest BCUT2D eigenvalue weighted by atomic mass is 10.2. The molecule has 0 aliphatic rings. The maximum Gasteiger partial charge on any atom is 0.282 e. The highest BCUT2D eigenvalue weighted by Crippen LogP contribution is 2.18. The Hall–Kier alpha value is -2.81. The third kappa shape index (κ3) is 4.42. The molecule has 1 amide bonds. The quantitative estimate of drug-likeness (QED) is 0.713. The molecule has 0 unspecified atom stereocenters. The number of carbonyl (C=O) groups is 1. The van der Waals surface area contributed by atoms with Crippen LogP contribution in [-0.2, 0) is 17.9 Å². The van der Waals surface area contributed by atoms with Crippen LogP contribution in [-0.4, -0.2) is 30.5 Å². The number of hydrogen-bond acceptors (Lipinski definition) is 4. The lowest BCUT2D eigenvalue weighted by Crippen LogP contribution is -2.21. The molecule has 26 heavy (non-hydrogen) atoms. The molecule has 0 aliphatic carbocycles. The molecule has 10 heteroatoms. The normalized spacial score (nSPS) is 11.1. The summed E-state index contributed by atoms with van der Waals surface area (Å²) in [5.41, 5.74) is 1.04. The molecule has 0 fully saturated rings. The highest BCUT2D eigenvalue weighted by Gasteiger charge is 2.15. The minimum absolute atomic E-state index is 0.121. The number of aromatic nitrogens is 5. The molecular formula is C16H15ClF2N6O. The summed E-state index contributed by atoms with van der Waals surface area (Å²) < 4.78 is 28.0. The Bertz CT molecular complexity index is 923. The Labute approximate surface area is 152 Å². The third-order valence-electron chi connectivity index (χ3n) is 3.54. The fourth-order valence-electron chi connectivity index (χ4n) is 2.35. The number of amides is 1. The SMILES string of the molecule is Cc1cc(C(F)F)nn1CC(=O)Nc1ncn(Cc2cccc(Cl)c2)n1. The highest BCUT2D eigenvalue weighted by atomic mass is 35.5. The fraction of sp³-hybridized carbons (Fsp3) is 0.250. The van der Waals surface area contributed by atoms with E-state index in [9.17, 15) is 13.6 Å². The Morgan fingerprint density at radius 1 is 1.31 bits per heavy atom. The van der Waals surface area contributed by atoms with Crippen LogP contribution < -0.4 is 5.32 Å². The highest BCUT2D eigenvalue weighted by molar-refractivity contribution is 6.30. The standard InChI is InChI=1S/C16H15ClF2N6O/c1-10-5-13(15(18)19)22-25(10)8-14(26)21-16-20-9-24(23-16)7-11-3-2-4-12(17)6-11/h2-6,9,15H,7-8H2,1H3,(H,21,23,26). The van der Waals surface area contributed by atoms with Gasteiger partial charge in [-0.2, -0.15) is 5.10 Å². The molecule has 0 saturated carbocycles. The first-order valence-corrected chi connectivity index (χ1v) is 8.05. The molecular weight excluding hydrogens is 366 g/mol. The van der Waals surface area contributed by atoms with Crippen molar-refractivity contribution < 1.29 is 13.6 Å². The number of nitrogens with one attached hydrogen (secondary N) is 1. The minimum atomic E-state index is -2.68. The zero-order valence-corrected chi connectivity index (χ0v) is 14.5. The van der Waals surface area contributed by atoms with Gasteiger partial charge in [0.1, 0.15) is 18.6 Å². The third-order valence-corrected chi connectivity index (χ3v) is 3.77.